The largest absolute Gasteiger partial charge is 0.457 e. The second-order valence-electron chi connectivity index (χ2n) is 31.8. The summed E-state index contributed by atoms with van der Waals surface area (Å²) in [5.74, 6) is 2.26. The van der Waals surface area contributed by atoms with E-state index < -0.39 is 0 Å². The molecule has 0 fully saturated rings. The highest BCUT2D eigenvalue weighted by Gasteiger charge is 2.39. The predicted octanol–water partition coefficient (Wildman–Crippen LogP) is 23.9. The number of para-hydroxylation sites is 6. The van der Waals surface area contributed by atoms with Crippen LogP contribution in [0.3, 0.4) is 0 Å². The van der Waals surface area contributed by atoms with Crippen molar-refractivity contribution in [1.82, 2.24) is 18.5 Å². The van der Waals surface area contributed by atoms with Gasteiger partial charge in [-0.3, -0.25) is 13.7 Å². The van der Waals surface area contributed by atoms with Crippen molar-refractivity contribution in [3.05, 3.63) is 277 Å². The lowest BCUT2D eigenvalue weighted by Crippen LogP contribution is -2.34. The first kappa shape index (κ1) is 59.9. The Bertz CT molecular complexity index is 5990. The SMILES string of the molecule is CC(C)(C)c1ccnc(-n2c3ccccc3c3c2cc(Oc2cccc(-n4[c-][n+](-c5c(-c6ccc7c(c6)C(C)(C)CCC7(C)C)cccc5-c5ccc6c(c5)C(C)(C)CCC6(C)C)c5ccccc54)c2)c2c4ccccc4c4ccccc4c4cccc5c6ccccc6n(c45)c23)c1. The van der Waals surface area contributed by atoms with Gasteiger partial charge in [-0.05, 0) is 167 Å². The molecule has 6 heteroatoms. The molecule has 0 aliphatic heterocycles. The van der Waals surface area contributed by atoms with E-state index in [1.165, 1.54) is 71.6 Å². The predicted molar refractivity (Wildman–Crippen MR) is 410 cm³/mol. The van der Waals surface area contributed by atoms with Gasteiger partial charge in [0.1, 0.15) is 17.3 Å². The molecule has 0 spiro atoms. The number of aromatic nitrogens is 5. The number of ether oxygens (including phenoxy) is 1. The molecule has 11 aromatic carbocycles. The molecule has 2 aliphatic carbocycles. The lowest BCUT2D eigenvalue weighted by atomic mass is 9.62. The maximum atomic E-state index is 7.90. The Labute approximate surface area is 573 Å². The molecule has 5 heterocycles. The Morgan fingerprint density at radius 1 is 0.418 bits per heavy atom. The van der Waals surface area contributed by atoms with Gasteiger partial charge >= 0.3 is 0 Å². The maximum absolute atomic E-state index is 7.90. The van der Waals surface area contributed by atoms with Gasteiger partial charge in [-0.1, -0.05) is 264 Å². The van der Waals surface area contributed by atoms with E-state index in [-0.39, 0.29) is 27.1 Å². The lowest BCUT2D eigenvalue weighted by Gasteiger charge is -2.42. The molecule has 98 heavy (non-hydrogen) atoms. The van der Waals surface area contributed by atoms with Crippen LogP contribution in [0, 0.1) is 6.33 Å². The molecule has 16 aromatic rings. The van der Waals surface area contributed by atoms with Crippen molar-refractivity contribution in [2.45, 2.75) is 129 Å². The van der Waals surface area contributed by atoms with E-state index in [0.717, 1.165) is 120 Å². The summed E-state index contributed by atoms with van der Waals surface area (Å²) in [4.78, 5) is 5.25. The fourth-order valence-corrected chi connectivity index (χ4v) is 17.3. The van der Waals surface area contributed by atoms with Gasteiger partial charge in [-0.2, -0.15) is 0 Å². The normalized spacial score (nSPS) is 15.7. The van der Waals surface area contributed by atoms with Gasteiger partial charge in [0.05, 0.1) is 50.0 Å². The number of fused-ring (bicyclic) bond motifs is 17. The van der Waals surface area contributed by atoms with Gasteiger partial charge in [0, 0.05) is 44.6 Å². The Kier molecular flexibility index (Phi) is 13.1. The van der Waals surface area contributed by atoms with Crippen molar-refractivity contribution in [1.29, 1.82) is 0 Å². The van der Waals surface area contributed by atoms with E-state index >= 15 is 0 Å². The van der Waals surface area contributed by atoms with Crippen LogP contribution in [0.15, 0.2) is 243 Å². The van der Waals surface area contributed by atoms with Crippen molar-refractivity contribution in [2.75, 3.05) is 0 Å². The molecule has 5 aromatic heterocycles. The summed E-state index contributed by atoms with van der Waals surface area (Å²) >= 11 is 0. The minimum atomic E-state index is -0.123. The highest BCUT2D eigenvalue weighted by molar-refractivity contribution is 6.31. The molecule has 0 amide bonds. The summed E-state index contributed by atoms with van der Waals surface area (Å²) in [5.41, 5.74) is 21.3. The molecule has 0 saturated carbocycles. The van der Waals surface area contributed by atoms with E-state index in [9.17, 15) is 0 Å². The van der Waals surface area contributed by atoms with Crippen molar-refractivity contribution in [3.8, 4) is 50.9 Å². The number of hydrogen-bond acceptors (Lipinski definition) is 2. The van der Waals surface area contributed by atoms with E-state index in [2.05, 4.69) is 337 Å². The average molecular weight is 1270 g/mol. The van der Waals surface area contributed by atoms with E-state index in [0.29, 0.717) is 5.75 Å². The van der Waals surface area contributed by atoms with Crippen LogP contribution < -0.4 is 9.30 Å². The summed E-state index contributed by atoms with van der Waals surface area (Å²) < 4.78 is 17.4. The first-order valence-electron chi connectivity index (χ1n) is 35.2. The summed E-state index contributed by atoms with van der Waals surface area (Å²) in [6, 6.07) is 88.4. The van der Waals surface area contributed by atoms with Crippen LogP contribution in [0.25, 0.3) is 132 Å². The third-order valence-corrected chi connectivity index (χ3v) is 22.8. The maximum Gasteiger partial charge on any atom is 0.269 e. The number of rotatable bonds is 7. The molecule has 6 nitrogen and oxygen atoms in total. The van der Waals surface area contributed by atoms with Crippen LogP contribution in [0.4, 0.5) is 0 Å². The van der Waals surface area contributed by atoms with Gasteiger partial charge in [0.2, 0.25) is 0 Å². The van der Waals surface area contributed by atoms with Crippen molar-refractivity contribution in [2.24, 2.45) is 0 Å². The van der Waals surface area contributed by atoms with Gasteiger partial charge in [-0.15, -0.1) is 0 Å². The zero-order valence-corrected chi connectivity index (χ0v) is 58.1. The Morgan fingerprint density at radius 2 is 0.929 bits per heavy atom. The van der Waals surface area contributed by atoms with Crippen molar-refractivity contribution < 1.29 is 9.30 Å². The van der Waals surface area contributed by atoms with Crippen LogP contribution >= 0.6 is 0 Å². The monoisotopic (exact) mass is 1270 g/mol. The highest BCUT2D eigenvalue weighted by atomic mass is 16.5. The molecule has 0 N–H and O–H groups in total. The fourth-order valence-electron chi connectivity index (χ4n) is 17.3. The Hall–Kier alpha value is -10.6. The Morgan fingerprint density at radius 3 is 1.57 bits per heavy atom. The van der Waals surface area contributed by atoms with Crippen LogP contribution in [0.2, 0.25) is 0 Å². The summed E-state index contributed by atoms with van der Waals surface area (Å²) in [5, 5.41) is 11.3. The molecule has 0 radical (unpaired) electrons. The third kappa shape index (κ3) is 9.12. The zero-order valence-electron chi connectivity index (χ0n) is 58.1. The smallest absolute Gasteiger partial charge is 0.269 e. The van der Waals surface area contributed by atoms with Crippen LogP contribution in [0.1, 0.15) is 130 Å². The van der Waals surface area contributed by atoms with Crippen molar-refractivity contribution in [3.63, 3.8) is 0 Å². The average Bonchev–Trinajstić information content (AvgIpc) is 1.52. The highest BCUT2D eigenvalue weighted by Crippen LogP contribution is 2.52. The summed E-state index contributed by atoms with van der Waals surface area (Å²) in [6.45, 7) is 26.3. The number of pyridine rings is 1. The molecule has 0 bridgehead atoms. The minimum Gasteiger partial charge on any atom is -0.457 e. The zero-order chi connectivity index (χ0) is 66.9. The number of hydrogen-bond donors (Lipinski definition) is 0. The van der Waals surface area contributed by atoms with E-state index in [4.69, 9.17) is 9.72 Å². The molecule has 0 atom stereocenters. The lowest BCUT2D eigenvalue weighted by molar-refractivity contribution is -0.571. The number of benzene rings is 11. The van der Waals surface area contributed by atoms with Gasteiger partial charge in [-0.25, -0.2) is 4.98 Å². The fraction of sp³-hybridized carbons (Fsp3) is 0.217. The molecular formula is C92H81N5O. The summed E-state index contributed by atoms with van der Waals surface area (Å²) in [6.07, 6.45) is 10.7. The van der Waals surface area contributed by atoms with E-state index in [1.807, 2.05) is 6.20 Å². The van der Waals surface area contributed by atoms with Gasteiger partial charge in [0.25, 0.3) is 6.33 Å². The summed E-state index contributed by atoms with van der Waals surface area (Å²) in [7, 11) is 0. The molecule has 18 rings (SSSR count). The topological polar surface area (TPSA) is 40.3 Å². The first-order chi connectivity index (χ1) is 47.2. The van der Waals surface area contributed by atoms with Crippen LogP contribution in [0.5, 0.6) is 11.5 Å². The van der Waals surface area contributed by atoms with Gasteiger partial charge < -0.3 is 9.14 Å². The Balaban J connectivity index is 0.913. The number of imidazole rings is 1. The first-order valence-corrected chi connectivity index (χ1v) is 35.2. The number of nitrogens with zero attached hydrogens (tertiary/aromatic N) is 5. The third-order valence-electron chi connectivity index (χ3n) is 22.8. The minimum absolute atomic E-state index is 0.0256. The van der Waals surface area contributed by atoms with Crippen molar-refractivity contribution >= 4 is 92.5 Å². The quantitative estimate of drug-likeness (QED) is 0.118. The molecule has 0 unspecified atom stereocenters. The second-order valence-corrected chi connectivity index (χ2v) is 31.8. The standard InChI is InChI=1S/C92H81N5O/c1-88(2,3)59-45-50-93-82(53-59)96-77-38-19-17-32-71(77)83-80(96)55-81(84-68-31-15-14-28-65(68)64-27-12-13-29-66(64)69-35-24-36-70-67-30-16-18-37-76(67)97(86(69)70)87(83)84)98-61-26-22-25-60(54-61)94-56-95(79-40-21-20-39-78(79)94)85-62(57-41-43-72-74(51-57)91(8,9)48-46-89(72,4)5)33-23-34-63(85)58-42-44-73-75(52-58)92(10,11)49-47-90(73,6)7/h12-45,50-55H,46-49H2,1-11H3. The molecule has 0 saturated heterocycles. The van der Waals surface area contributed by atoms with E-state index in [1.54, 1.807) is 0 Å². The molecule has 480 valence electrons. The van der Waals surface area contributed by atoms with Crippen LogP contribution in [-0.2, 0) is 27.1 Å². The van der Waals surface area contributed by atoms with Crippen LogP contribution in [-0.4, -0.2) is 18.5 Å². The second kappa shape index (κ2) is 21.5. The van der Waals surface area contributed by atoms with Gasteiger partial charge in [0.15, 0.2) is 0 Å². The molecular weight excluding hydrogens is 1190 g/mol. The molecule has 2 aliphatic rings.